The Bertz CT molecular complexity index is 1120. The van der Waals surface area contributed by atoms with Gasteiger partial charge in [-0.15, -0.1) is 12.4 Å². The summed E-state index contributed by atoms with van der Waals surface area (Å²) in [5.41, 5.74) is 1.76. The van der Waals surface area contributed by atoms with Crippen molar-refractivity contribution in [1.82, 2.24) is 9.47 Å². The number of carboxylic acids is 1. The number of morpholine rings is 1. The lowest BCUT2D eigenvalue weighted by Crippen LogP contribution is -2.37. The number of carboxylic acid groups (broad SMARTS) is 1. The quantitative estimate of drug-likeness (QED) is 0.570. The Kier molecular flexibility index (Phi) is 8.51. The Morgan fingerprint density at radius 3 is 2.51 bits per heavy atom. The number of hydrogen-bond acceptors (Lipinski definition) is 6. The summed E-state index contributed by atoms with van der Waals surface area (Å²) >= 11 is 0. The molecule has 0 radical (unpaired) electrons. The first-order chi connectivity index (χ1) is 16.2. The number of hydrogen-bond donors (Lipinski definition) is 1. The van der Waals surface area contributed by atoms with Gasteiger partial charge in [0.1, 0.15) is 5.56 Å². The van der Waals surface area contributed by atoms with Crippen molar-refractivity contribution in [2.45, 2.75) is 39.7 Å². The molecule has 1 N–H and O–H groups in total. The standard InChI is InChI=1S/C26H34N2O6.ClH/c1-26(2,3)24-13-17-12-23(34-9-5-6-27-7-10-33-11-8-27)22(32-4)14-18(17)20-15-21(29)19(25(30)31)16-28(20)24;/h12,14-16,24H,5-11,13H2,1-4H3,(H,30,31);1H. The van der Waals surface area contributed by atoms with Gasteiger partial charge >= 0.3 is 5.97 Å². The molecule has 4 rings (SSSR count). The molecule has 2 aromatic rings. The predicted molar refractivity (Wildman–Crippen MR) is 136 cm³/mol. The maximum Gasteiger partial charge on any atom is 0.341 e. The molecular weight excluding hydrogens is 472 g/mol. The fraction of sp³-hybridized carbons (Fsp3) is 0.538. The third-order valence-electron chi connectivity index (χ3n) is 6.70. The van der Waals surface area contributed by atoms with E-state index < -0.39 is 11.4 Å². The van der Waals surface area contributed by atoms with Gasteiger partial charge in [-0.1, -0.05) is 20.8 Å². The molecule has 1 aromatic carbocycles. The maximum absolute atomic E-state index is 12.6. The van der Waals surface area contributed by atoms with Gasteiger partial charge in [-0.3, -0.25) is 9.69 Å². The minimum atomic E-state index is -1.21. The van der Waals surface area contributed by atoms with Gasteiger partial charge in [-0.25, -0.2) is 4.79 Å². The Labute approximate surface area is 212 Å². The van der Waals surface area contributed by atoms with E-state index in [9.17, 15) is 14.7 Å². The zero-order valence-electron chi connectivity index (χ0n) is 20.8. The summed E-state index contributed by atoms with van der Waals surface area (Å²) in [6.07, 6.45) is 3.09. The van der Waals surface area contributed by atoms with E-state index in [-0.39, 0.29) is 29.4 Å². The van der Waals surface area contributed by atoms with Crippen LogP contribution in [0, 0.1) is 5.41 Å². The van der Waals surface area contributed by atoms with Crippen molar-refractivity contribution in [1.29, 1.82) is 0 Å². The molecule has 192 valence electrons. The first-order valence-corrected chi connectivity index (χ1v) is 11.8. The van der Waals surface area contributed by atoms with Crippen LogP contribution in [0.5, 0.6) is 11.5 Å². The molecule has 1 atom stereocenters. The first kappa shape index (κ1) is 27.0. The summed E-state index contributed by atoms with van der Waals surface area (Å²) in [7, 11) is 1.60. The van der Waals surface area contributed by atoms with Gasteiger partial charge in [-0.2, -0.15) is 0 Å². The number of nitrogens with zero attached hydrogens (tertiary/aromatic N) is 2. The maximum atomic E-state index is 12.6. The summed E-state index contributed by atoms with van der Waals surface area (Å²) in [5.74, 6) is 0.0756. The normalized spacial score (nSPS) is 17.7. The minimum Gasteiger partial charge on any atom is -0.493 e. The van der Waals surface area contributed by atoms with Crippen LogP contribution < -0.4 is 14.9 Å². The van der Waals surface area contributed by atoms with Crippen molar-refractivity contribution in [3.8, 4) is 22.8 Å². The smallest absolute Gasteiger partial charge is 0.341 e. The number of aromatic nitrogens is 1. The van der Waals surface area contributed by atoms with Crippen LogP contribution in [-0.2, 0) is 11.2 Å². The summed E-state index contributed by atoms with van der Waals surface area (Å²) in [6.45, 7) is 11.4. The number of ether oxygens (including phenoxy) is 3. The molecule has 0 bridgehead atoms. The Morgan fingerprint density at radius 1 is 1.17 bits per heavy atom. The van der Waals surface area contributed by atoms with Crippen LogP contribution in [0.2, 0.25) is 0 Å². The van der Waals surface area contributed by atoms with Gasteiger partial charge in [0.2, 0.25) is 0 Å². The van der Waals surface area contributed by atoms with Gasteiger partial charge in [0.25, 0.3) is 0 Å². The summed E-state index contributed by atoms with van der Waals surface area (Å²) < 4.78 is 19.1. The number of aromatic carboxylic acids is 1. The molecule has 1 unspecified atom stereocenters. The molecule has 0 spiro atoms. The number of benzene rings is 1. The number of halogens is 1. The van der Waals surface area contributed by atoms with Crippen LogP contribution in [0.25, 0.3) is 11.3 Å². The second-order valence-electron chi connectivity index (χ2n) is 10.1. The molecule has 0 saturated carbocycles. The zero-order chi connectivity index (χ0) is 24.5. The molecule has 35 heavy (non-hydrogen) atoms. The number of fused-ring (bicyclic) bond motifs is 3. The van der Waals surface area contributed by atoms with E-state index in [1.165, 1.54) is 12.3 Å². The molecule has 0 aliphatic carbocycles. The van der Waals surface area contributed by atoms with E-state index in [4.69, 9.17) is 14.2 Å². The minimum absolute atomic E-state index is 0. The highest BCUT2D eigenvalue weighted by Crippen LogP contribution is 2.45. The van der Waals surface area contributed by atoms with Crippen molar-refractivity contribution in [2.75, 3.05) is 46.6 Å². The van der Waals surface area contributed by atoms with Crippen LogP contribution >= 0.6 is 12.4 Å². The molecule has 2 aliphatic heterocycles. The lowest BCUT2D eigenvalue weighted by molar-refractivity contribution is 0.0357. The monoisotopic (exact) mass is 506 g/mol. The molecule has 8 nitrogen and oxygen atoms in total. The number of rotatable bonds is 7. The molecule has 0 amide bonds. The molecule has 2 aliphatic rings. The average molecular weight is 507 g/mol. The molecule has 9 heteroatoms. The predicted octanol–water partition coefficient (Wildman–Crippen LogP) is 3.89. The topological polar surface area (TPSA) is 90.2 Å². The lowest BCUT2D eigenvalue weighted by Gasteiger charge is -2.39. The van der Waals surface area contributed by atoms with E-state index in [1.54, 1.807) is 7.11 Å². The highest BCUT2D eigenvalue weighted by molar-refractivity contribution is 5.88. The van der Waals surface area contributed by atoms with Crippen LogP contribution in [0.4, 0.5) is 0 Å². The van der Waals surface area contributed by atoms with Crippen LogP contribution in [0.1, 0.15) is 49.2 Å². The van der Waals surface area contributed by atoms with Crippen molar-refractivity contribution < 1.29 is 24.1 Å². The van der Waals surface area contributed by atoms with Gasteiger partial charge in [-0.05, 0) is 36.0 Å². The Morgan fingerprint density at radius 2 is 1.89 bits per heavy atom. The molecule has 3 heterocycles. The van der Waals surface area contributed by atoms with E-state index >= 15 is 0 Å². The van der Waals surface area contributed by atoms with E-state index in [2.05, 4.69) is 25.7 Å². The molecular formula is C26H35ClN2O6. The summed E-state index contributed by atoms with van der Waals surface area (Å²) in [5, 5.41) is 9.50. The molecule has 1 fully saturated rings. The number of methoxy groups -OCH3 is 1. The van der Waals surface area contributed by atoms with Gasteiger partial charge in [0.05, 0.1) is 32.6 Å². The van der Waals surface area contributed by atoms with Crippen molar-refractivity contribution in [2.24, 2.45) is 5.41 Å². The van der Waals surface area contributed by atoms with E-state index in [0.29, 0.717) is 30.2 Å². The SMILES string of the molecule is COc1cc2c(cc1OCCCN1CCOCC1)CC(C(C)(C)C)n1cc(C(=O)O)c(=O)cc1-2.Cl. The molecule has 1 saturated heterocycles. The number of pyridine rings is 1. The highest BCUT2D eigenvalue weighted by Gasteiger charge is 2.34. The third kappa shape index (κ3) is 5.82. The fourth-order valence-electron chi connectivity index (χ4n) is 4.79. The highest BCUT2D eigenvalue weighted by atomic mass is 35.5. The van der Waals surface area contributed by atoms with Crippen molar-refractivity contribution >= 4 is 18.4 Å². The third-order valence-corrected chi connectivity index (χ3v) is 6.70. The van der Waals surface area contributed by atoms with Crippen molar-refractivity contribution in [3.63, 3.8) is 0 Å². The summed E-state index contributed by atoms with van der Waals surface area (Å²) in [6, 6.07) is 5.33. The van der Waals surface area contributed by atoms with Gasteiger partial charge < -0.3 is 23.9 Å². The van der Waals surface area contributed by atoms with Gasteiger partial charge in [0, 0.05) is 43.5 Å². The van der Waals surface area contributed by atoms with E-state index in [1.807, 2.05) is 16.7 Å². The fourth-order valence-corrected chi connectivity index (χ4v) is 4.79. The van der Waals surface area contributed by atoms with E-state index in [0.717, 1.165) is 50.4 Å². The first-order valence-electron chi connectivity index (χ1n) is 11.8. The Hall–Kier alpha value is -2.55. The Balaban J connectivity index is 0.00000342. The number of carbonyl (C=O) groups is 1. The average Bonchev–Trinajstić information content (AvgIpc) is 2.80. The van der Waals surface area contributed by atoms with Crippen LogP contribution in [0.15, 0.2) is 29.2 Å². The van der Waals surface area contributed by atoms with Gasteiger partial charge in [0.15, 0.2) is 16.9 Å². The molecule has 1 aromatic heterocycles. The largest absolute Gasteiger partial charge is 0.493 e. The summed E-state index contributed by atoms with van der Waals surface area (Å²) in [4.78, 5) is 26.6. The van der Waals surface area contributed by atoms with Crippen LogP contribution in [-0.4, -0.2) is 67.1 Å². The van der Waals surface area contributed by atoms with Crippen LogP contribution in [0.3, 0.4) is 0 Å². The zero-order valence-corrected chi connectivity index (χ0v) is 21.7. The second kappa shape index (κ2) is 11.0. The van der Waals surface area contributed by atoms with Crippen molar-refractivity contribution in [3.05, 3.63) is 45.7 Å². The second-order valence-corrected chi connectivity index (χ2v) is 10.1. The lowest BCUT2D eigenvalue weighted by atomic mass is 9.78.